The maximum Gasteiger partial charge on any atom is 0.325 e. The number of ether oxygens (including phenoxy) is 1. The number of hydrogen-bond donors (Lipinski definition) is 1. The van der Waals surface area contributed by atoms with Crippen molar-refractivity contribution in [3.63, 3.8) is 0 Å². The van der Waals surface area contributed by atoms with Crippen molar-refractivity contribution < 1.29 is 9.53 Å². The van der Waals surface area contributed by atoms with Gasteiger partial charge < -0.3 is 14.7 Å². The third-order valence-electron chi connectivity index (χ3n) is 4.34. The Bertz CT molecular complexity index is 812. The molecular weight excluding hydrogens is 356 g/mol. The quantitative estimate of drug-likeness (QED) is 0.757. The Morgan fingerprint density at radius 2 is 2.04 bits per heavy atom. The molecule has 3 rings (SSSR count). The molecule has 25 heavy (non-hydrogen) atoms. The van der Waals surface area contributed by atoms with Gasteiger partial charge in [-0.15, -0.1) is 0 Å². The monoisotopic (exact) mass is 376 g/mol. The molecule has 0 unspecified atom stereocenters. The summed E-state index contributed by atoms with van der Waals surface area (Å²) in [7, 11) is 0. The number of esters is 1. The minimum Gasteiger partial charge on any atom is -0.465 e. The fraction of sp³-hybridized carbons (Fsp3) is 0.368. The van der Waals surface area contributed by atoms with Gasteiger partial charge in [-0.25, -0.2) is 0 Å². The van der Waals surface area contributed by atoms with Gasteiger partial charge in [0.05, 0.1) is 6.61 Å². The van der Waals surface area contributed by atoms with Crippen molar-refractivity contribution in [1.29, 1.82) is 5.41 Å². The summed E-state index contributed by atoms with van der Waals surface area (Å²) in [4.78, 5) is 14.2. The number of nitrogens with one attached hydrogen (secondary N) is 1. The van der Waals surface area contributed by atoms with Crippen LogP contribution in [0.4, 0.5) is 0 Å². The molecule has 0 amide bonds. The number of carbonyl (C=O) groups excluding carboxylic acids is 1. The third-order valence-corrected chi connectivity index (χ3v) is 5.81. The van der Waals surface area contributed by atoms with Gasteiger partial charge in [0.2, 0.25) is 0 Å². The Balaban J connectivity index is 2.02. The largest absolute Gasteiger partial charge is 0.465 e. The summed E-state index contributed by atoms with van der Waals surface area (Å²) >= 11 is 7.61. The summed E-state index contributed by atoms with van der Waals surface area (Å²) in [6.07, 6.45) is 2.62. The topological polar surface area (TPSA) is 55.1 Å². The summed E-state index contributed by atoms with van der Waals surface area (Å²) < 4.78 is 7.15. The van der Waals surface area contributed by atoms with E-state index in [-0.39, 0.29) is 12.5 Å². The zero-order valence-electron chi connectivity index (χ0n) is 14.4. The van der Waals surface area contributed by atoms with Gasteiger partial charge in [-0.05, 0) is 57.4 Å². The lowest BCUT2D eigenvalue weighted by atomic mass is 9.96. The molecule has 4 nitrogen and oxygen atoms in total. The van der Waals surface area contributed by atoms with Crippen molar-refractivity contribution in [2.75, 3.05) is 6.61 Å². The van der Waals surface area contributed by atoms with Crippen molar-refractivity contribution in [2.45, 2.75) is 49.4 Å². The molecule has 1 heterocycles. The smallest absolute Gasteiger partial charge is 0.325 e. The van der Waals surface area contributed by atoms with Crippen molar-refractivity contribution in [3.8, 4) is 0 Å². The van der Waals surface area contributed by atoms with Gasteiger partial charge in [0.15, 0.2) is 0 Å². The first kappa shape index (κ1) is 18.1. The van der Waals surface area contributed by atoms with Crippen LogP contribution in [0.2, 0.25) is 5.02 Å². The predicted molar refractivity (Wildman–Crippen MR) is 101 cm³/mol. The molecule has 1 aliphatic rings. The molecule has 1 aromatic carbocycles. The standard InChI is InChI=1S/C19H21ClN2O2S/c1-3-24-17(23)11-22-12(2)19(18-15(21)5-4-6-16(18)22)25-14-9-7-13(20)8-10-14/h7-10,21H,3-6,11H2,1-2H3. The summed E-state index contributed by atoms with van der Waals surface area (Å²) in [6.45, 7) is 4.41. The van der Waals surface area contributed by atoms with E-state index in [2.05, 4.69) is 0 Å². The Hall–Kier alpha value is -1.72. The highest BCUT2D eigenvalue weighted by Gasteiger charge is 2.27. The van der Waals surface area contributed by atoms with Crippen molar-refractivity contribution in [1.82, 2.24) is 4.57 Å². The van der Waals surface area contributed by atoms with E-state index in [1.165, 1.54) is 0 Å². The van der Waals surface area contributed by atoms with Crippen molar-refractivity contribution in [2.24, 2.45) is 0 Å². The normalized spacial score (nSPS) is 13.6. The number of rotatable bonds is 5. The molecule has 0 radical (unpaired) electrons. The average Bonchev–Trinajstić information content (AvgIpc) is 2.84. The van der Waals surface area contributed by atoms with Crippen LogP contribution in [0.5, 0.6) is 0 Å². The summed E-state index contributed by atoms with van der Waals surface area (Å²) in [5, 5.41) is 9.13. The molecule has 0 fully saturated rings. The van der Waals surface area contributed by atoms with E-state index in [0.29, 0.717) is 17.3 Å². The molecule has 0 atom stereocenters. The van der Waals surface area contributed by atoms with Crippen LogP contribution >= 0.6 is 23.4 Å². The van der Waals surface area contributed by atoms with Gasteiger partial charge in [0, 0.05) is 37.5 Å². The first-order valence-corrected chi connectivity index (χ1v) is 9.59. The number of carbonyl (C=O) groups is 1. The van der Waals surface area contributed by atoms with Gasteiger partial charge >= 0.3 is 5.97 Å². The van der Waals surface area contributed by atoms with E-state index in [9.17, 15) is 4.79 Å². The molecule has 1 aliphatic carbocycles. The van der Waals surface area contributed by atoms with E-state index in [4.69, 9.17) is 21.7 Å². The van der Waals surface area contributed by atoms with E-state index in [1.807, 2.05) is 42.7 Å². The molecule has 1 N–H and O–H groups in total. The lowest BCUT2D eigenvalue weighted by Crippen LogP contribution is -2.19. The second-order valence-corrected chi connectivity index (χ2v) is 7.54. The van der Waals surface area contributed by atoms with Gasteiger partial charge in [-0.1, -0.05) is 23.4 Å². The Labute approximate surface area is 157 Å². The van der Waals surface area contributed by atoms with Gasteiger partial charge in [0.1, 0.15) is 6.54 Å². The molecule has 1 aromatic heterocycles. The number of aromatic nitrogens is 1. The summed E-state index contributed by atoms with van der Waals surface area (Å²) in [5.41, 5.74) is 3.75. The molecule has 0 bridgehead atoms. The summed E-state index contributed by atoms with van der Waals surface area (Å²) in [5.74, 6) is -0.233. The number of benzene rings is 1. The van der Waals surface area contributed by atoms with Crippen LogP contribution in [-0.4, -0.2) is 22.9 Å². The highest BCUT2D eigenvalue weighted by atomic mass is 35.5. The highest BCUT2D eigenvalue weighted by molar-refractivity contribution is 7.99. The SMILES string of the molecule is CCOC(=O)Cn1c(C)c(Sc2ccc(Cl)cc2)c2c1CCCC2=N. The van der Waals surface area contributed by atoms with Crippen LogP contribution in [0.1, 0.15) is 36.7 Å². The lowest BCUT2D eigenvalue weighted by Gasteiger charge is -2.17. The van der Waals surface area contributed by atoms with Crippen LogP contribution in [-0.2, 0) is 22.5 Å². The lowest BCUT2D eigenvalue weighted by molar-refractivity contribution is -0.143. The number of nitrogens with zero attached hydrogens (tertiary/aromatic N) is 1. The van der Waals surface area contributed by atoms with E-state index >= 15 is 0 Å². The molecule has 0 saturated heterocycles. The van der Waals surface area contributed by atoms with Gasteiger partial charge in [-0.2, -0.15) is 0 Å². The fourth-order valence-corrected chi connectivity index (χ4v) is 4.43. The Morgan fingerprint density at radius 1 is 1.32 bits per heavy atom. The maximum atomic E-state index is 12.0. The van der Waals surface area contributed by atoms with Crippen LogP contribution < -0.4 is 0 Å². The van der Waals surface area contributed by atoms with E-state index in [0.717, 1.165) is 46.0 Å². The summed E-state index contributed by atoms with van der Waals surface area (Å²) in [6, 6.07) is 7.70. The Morgan fingerprint density at radius 3 is 2.72 bits per heavy atom. The maximum absolute atomic E-state index is 12.0. The minimum atomic E-state index is -0.233. The van der Waals surface area contributed by atoms with E-state index in [1.54, 1.807) is 11.8 Å². The van der Waals surface area contributed by atoms with Crippen LogP contribution in [0.3, 0.4) is 0 Å². The molecule has 132 valence electrons. The van der Waals surface area contributed by atoms with Crippen LogP contribution in [0, 0.1) is 12.3 Å². The van der Waals surface area contributed by atoms with Crippen molar-refractivity contribution >= 4 is 35.0 Å². The number of hydrogen-bond acceptors (Lipinski definition) is 4. The van der Waals surface area contributed by atoms with E-state index < -0.39 is 0 Å². The Kier molecular flexibility index (Phi) is 5.54. The molecule has 6 heteroatoms. The van der Waals surface area contributed by atoms with Crippen LogP contribution in [0.15, 0.2) is 34.1 Å². The third kappa shape index (κ3) is 3.77. The molecule has 0 saturated carbocycles. The minimum absolute atomic E-state index is 0.205. The molecule has 2 aromatic rings. The van der Waals surface area contributed by atoms with Crippen LogP contribution in [0.25, 0.3) is 0 Å². The zero-order chi connectivity index (χ0) is 18.0. The van der Waals surface area contributed by atoms with Gasteiger partial charge in [0.25, 0.3) is 0 Å². The second kappa shape index (κ2) is 7.67. The molecule has 0 aliphatic heterocycles. The fourth-order valence-electron chi connectivity index (χ4n) is 3.20. The molecular formula is C19H21ClN2O2S. The predicted octanol–water partition coefficient (Wildman–Crippen LogP) is 4.87. The second-order valence-electron chi connectivity index (χ2n) is 6.02. The first-order chi connectivity index (χ1) is 12.0. The van der Waals surface area contributed by atoms with Gasteiger partial charge in [-0.3, -0.25) is 4.79 Å². The number of fused-ring (bicyclic) bond motifs is 1. The highest BCUT2D eigenvalue weighted by Crippen LogP contribution is 2.40. The molecule has 0 spiro atoms. The first-order valence-electron chi connectivity index (χ1n) is 8.40. The number of halogens is 1. The zero-order valence-corrected chi connectivity index (χ0v) is 16.0. The average molecular weight is 377 g/mol. The van der Waals surface area contributed by atoms with Crippen molar-refractivity contribution in [3.05, 3.63) is 46.2 Å².